The van der Waals surface area contributed by atoms with Crippen LogP contribution in [0.3, 0.4) is 0 Å². The molecule has 7 heteroatoms. The lowest BCUT2D eigenvalue weighted by molar-refractivity contribution is -0.385. The van der Waals surface area contributed by atoms with E-state index in [1.165, 1.54) is 18.2 Å². The van der Waals surface area contributed by atoms with Gasteiger partial charge < -0.3 is 15.2 Å². The van der Waals surface area contributed by atoms with E-state index in [1.807, 2.05) is 13.8 Å². The summed E-state index contributed by atoms with van der Waals surface area (Å²) in [5.74, 6) is -0.828. The van der Waals surface area contributed by atoms with Crippen molar-refractivity contribution in [3.63, 3.8) is 0 Å². The molecular formula is C15H18N2O5. The number of nitrogens with one attached hydrogen (secondary N) is 1. The number of carbonyl (C=O) groups excluding carboxylic acids is 1. The van der Waals surface area contributed by atoms with Crippen molar-refractivity contribution in [3.8, 4) is 5.75 Å². The van der Waals surface area contributed by atoms with Crippen LogP contribution in [-0.4, -0.2) is 34.7 Å². The van der Waals surface area contributed by atoms with Crippen LogP contribution in [0.1, 0.15) is 30.6 Å². The number of hydrogen-bond donors (Lipinski definition) is 2. The Kier molecular flexibility index (Phi) is 3.32. The van der Waals surface area contributed by atoms with Gasteiger partial charge in [0, 0.05) is 30.0 Å². The molecule has 1 saturated carbocycles. The molecule has 2 N–H and O–H groups in total. The highest BCUT2D eigenvalue weighted by Crippen LogP contribution is 2.52. The molecule has 2 aliphatic rings. The first-order valence-corrected chi connectivity index (χ1v) is 7.23. The quantitative estimate of drug-likeness (QED) is 0.655. The highest BCUT2D eigenvalue weighted by Gasteiger charge is 2.59. The number of phenolic OH excluding ortho intramolecular Hbond substituents is 1. The van der Waals surface area contributed by atoms with Crippen molar-refractivity contribution < 1.29 is 19.6 Å². The predicted octanol–water partition coefficient (Wildman–Crippen LogP) is 1.84. The number of phenols is 1. The molecule has 1 aromatic rings. The first-order valence-electron chi connectivity index (χ1n) is 7.23. The molecule has 1 aromatic carbocycles. The second-order valence-electron chi connectivity index (χ2n) is 6.45. The minimum absolute atomic E-state index is 0.0637. The number of para-hydroxylation sites is 1. The van der Waals surface area contributed by atoms with E-state index in [9.17, 15) is 20.0 Å². The van der Waals surface area contributed by atoms with Crippen molar-refractivity contribution in [3.05, 3.63) is 33.9 Å². The van der Waals surface area contributed by atoms with Gasteiger partial charge in [0.05, 0.1) is 16.6 Å². The Hall–Kier alpha value is -2.15. The highest BCUT2D eigenvalue weighted by molar-refractivity contribution is 5.98. The van der Waals surface area contributed by atoms with Gasteiger partial charge in [-0.25, -0.2) is 0 Å². The predicted molar refractivity (Wildman–Crippen MR) is 77.6 cm³/mol. The molecule has 0 bridgehead atoms. The van der Waals surface area contributed by atoms with Gasteiger partial charge in [0.2, 0.25) is 5.75 Å². The van der Waals surface area contributed by atoms with Crippen LogP contribution in [0.4, 0.5) is 5.69 Å². The Bertz CT molecular complexity index is 643. The van der Waals surface area contributed by atoms with E-state index in [2.05, 4.69) is 5.32 Å². The highest BCUT2D eigenvalue weighted by atomic mass is 16.6. The number of nitro groups is 1. The van der Waals surface area contributed by atoms with Crippen LogP contribution >= 0.6 is 0 Å². The summed E-state index contributed by atoms with van der Waals surface area (Å²) in [7, 11) is 0. The molecule has 1 aliphatic carbocycles. The fourth-order valence-corrected chi connectivity index (χ4v) is 3.70. The summed E-state index contributed by atoms with van der Waals surface area (Å²) >= 11 is 0. The molecule has 7 nitrogen and oxygen atoms in total. The minimum Gasteiger partial charge on any atom is -0.502 e. The van der Waals surface area contributed by atoms with Crippen LogP contribution in [0.25, 0.3) is 0 Å². The molecule has 118 valence electrons. The summed E-state index contributed by atoms with van der Waals surface area (Å²) in [5, 5.41) is 23.7. The number of amides is 1. The van der Waals surface area contributed by atoms with Crippen molar-refractivity contribution in [2.75, 3.05) is 6.61 Å². The summed E-state index contributed by atoms with van der Waals surface area (Å²) in [5.41, 5.74) is -0.734. The van der Waals surface area contributed by atoms with Gasteiger partial charge in [0.1, 0.15) is 0 Å². The molecule has 0 aromatic heterocycles. The number of aromatic hydroxyl groups is 1. The molecular weight excluding hydrogens is 288 g/mol. The first-order chi connectivity index (χ1) is 10.3. The van der Waals surface area contributed by atoms with E-state index in [0.29, 0.717) is 6.61 Å². The zero-order chi connectivity index (χ0) is 16.1. The third-order valence-corrected chi connectivity index (χ3v) is 4.84. The van der Waals surface area contributed by atoms with E-state index in [0.717, 1.165) is 6.42 Å². The van der Waals surface area contributed by atoms with E-state index >= 15 is 0 Å². The fourth-order valence-electron chi connectivity index (χ4n) is 3.70. The molecule has 0 radical (unpaired) electrons. The number of carbonyl (C=O) groups is 1. The van der Waals surface area contributed by atoms with E-state index in [4.69, 9.17) is 4.74 Å². The zero-order valence-corrected chi connectivity index (χ0v) is 12.4. The monoisotopic (exact) mass is 306 g/mol. The second kappa shape index (κ2) is 4.95. The normalized spacial score (nSPS) is 28.5. The lowest BCUT2D eigenvalue weighted by Crippen LogP contribution is -2.66. The van der Waals surface area contributed by atoms with Crippen LogP contribution in [-0.2, 0) is 4.74 Å². The SMILES string of the molecule is CC1(C)[C@H](NC(=O)c2cccc([N+](=O)[O-])c2O)[C@@H]2CCO[C@@H]21. The lowest BCUT2D eigenvalue weighted by Gasteiger charge is -2.54. The van der Waals surface area contributed by atoms with Gasteiger partial charge in [0.25, 0.3) is 5.91 Å². The Morgan fingerprint density at radius 2 is 2.23 bits per heavy atom. The lowest BCUT2D eigenvalue weighted by atomic mass is 9.57. The number of ether oxygens (including phenoxy) is 1. The topological polar surface area (TPSA) is 102 Å². The number of benzene rings is 1. The second-order valence-corrected chi connectivity index (χ2v) is 6.45. The Morgan fingerprint density at radius 1 is 1.50 bits per heavy atom. The van der Waals surface area contributed by atoms with Gasteiger partial charge in [-0.15, -0.1) is 0 Å². The molecule has 1 aliphatic heterocycles. The summed E-state index contributed by atoms with van der Waals surface area (Å²) in [6.07, 6.45) is 1.02. The Labute approximate surface area is 127 Å². The summed E-state index contributed by atoms with van der Waals surface area (Å²) in [4.78, 5) is 22.5. The summed E-state index contributed by atoms with van der Waals surface area (Å²) < 4.78 is 5.67. The molecule has 0 spiro atoms. The van der Waals surface area contributed by atoms with Gasteiger partial charge in [0.15, 0.2) is 0 Å². The molecule has 22 heavy (non-hydrogen) atoms. The van der Waals surface area contributed by atoms with Crippen LogP contribution in [0, 0.1) is 21.4 Å². The Morgan fingerprint density at radius 3 is 2.91 bits per heavy atom. The average molecular weight is 306 g/mol. The largest absolute Gasteiger partial charge is 0.502 e. The fraction of sp³-hybridized carbons (Fsp3) is 0.533. The van der Waals surface area contributed by atoms with Crippen molar-refractivity contribution in [2.24, 2.45) is 11.3 Å². The number of hydrogen-bond acceptors (Lipinski definition) is 5. The maximum Gasteiger partial charge on any atom is 0.311 e. The van der Waals surface area contributed by atoms with Crippen LogP contribution < -0.4 is 5.32 Å². The van der Waals surface area contributed by atoms with E-state index < -0.39 is 22.3 Å². The summed E-state index contributed by atoms with van der Waals surface area (Å²) in [6.45, 7) is 4.74. The van der Waals surface area contributed by atoms with Crippen molar-refractivity contribution in [1.82, 2.24) is 5.32 Å². The molecule has 1 amide bonds. The van der Waals surface area contributed by atoms with Gasteiger partial charge in [-0.05, 0) is 12.5 Å². The molecule has 3 atom stereocenters. The Balaban J connectivity index is 1.81. The molecule has 1 saturated heterocycles. The standard InChI is InChI=1S/C15H18N2O5/c1-15(2)12(9-6-7-22-13(9)15)16-14(19)8-4-3-5-10(11(8)18)17(20)21/h3-5,9,12-13,18H,6-7H2,1-2H3,(H,16,19)/t9-,12+,13-/m0/s1. The van der Waals surface area contributed by atoms with E-state index in [1.54, 1.807) is 0 Å². The number of nitrogens with zero attached hydrogens (tertiary/aromatic N) is 1. The molecule has 3 rings (SSSR count). The van der Waals surface area contributed by atoms with Gasteiger partial charge >= 0.3 is 5.69 Å². The minimum atomic E-state index is -0.708. The number of nitro benzene ring substituents is 1. The maximum absolute atomic E-state index is 12.4. The van der Waals surface area contributed by atoms with E-state index in [-0.39, 0.29) is 29.0 Å². The van der Waals surface area contributed by atoms with Crippen molar-refractivity contribution in [2.45, 2.75) is 32.4 Å². The third kappa shape index (κ3) is 2.04. The smallest absolute Gasteiger partial charge is 0.311 e. The van der Waals surface area contributed by atoms with Crippen LogP contribution in [0.15, 0.2) is 18.2 Å². The zero-order valence-electron chi connectivity index (χ0n) is 12.4. The van der Waals surface area contributed by atoms with Crippen molar-refractivity contribution >= 4 is 11.6 Å². The van der Waals surface area contributed by atoms with Crippen molar-refractivity contribution in [1.29, 1.82) is 0 Å². The van der Waals surface area contributed by atoms with Crippen LogP contribution in [0.5, 0.6) is 5.75 Å². The molecule has 2 fully saturated rings. The maximum atomic E-state index is 12.4. The van der Waals surface area contributed by atoms with Crippen LogP contribution in [0.2, 0.25) is 0 Å². The average Bonchev–Trinajstić information content (AvgIpc) is 2.91. The van der Waals surface area contributed by atoms with Gasteiger partial charge in [-0.2, -0.15) is 0 Å². The number of fused-ring (bicyclic) bond motifs is 1. The first kappa shape index (κ1) is 14.8. The third-order valence-electron chi connectivity index (χ3n) is 4.84. The van der Waals surface area contributed by atoms with Gasteiger partial charge in [-0.3, -0.25) is 14.9 Å². The van der Waals surface area contributed by atoms with Gasteiger partial charge in [-0.1, -0.05) is 19.9 Å². The number of rotatable bonds is 3. The molecule has 1 heterocycles. The summed E-state index contributed by atoms with van der Waals surface area (Å²) in [6, 6.07) is 3.87. The molecule has 0 unspecified atom stereocenters.